The number of hydrogen-bond acceptors (Lipinski definition) is 2. The molecule has 2 rings (SSSR count). The lowest BCUT2D eigenvalue weighted by Gasteiger charge is -2.09. The monoisotopic (exact) mass is 339 g/mol. The van der Waals surface area contributed by atoms with E-state index >= 15 is 0 Å². The number of halogens is 2. The second-order valence-electron chi connectivity index (χ2n) is 4.10. The number of phenolic OH excluding ortho intramolecular Hbond substituents is 1. The summed E-state index contributed by atoms with van der Waals surface area (Å²) in [6, 6.07) is 9.98. The topological polar surface area (TPSA) is 49.3 Å². The predicted octanol–water partition coefficient (Wildman–Crippen LogP) is 4.37. The second-order valence-corrected chi connectivity index (χ2v) is 5.39. The SMILES string of the molecule is Cc1ccc(C(=O)Nc2cc(Cl)ccc2Br)c(O)c1. The molecule has 0 aliphatic rings. The van der Waals surface area contributed by atoms with Gasteiger partial charge in [0.05, 0.1) is 11.3 Å². The summed E-state index contributed by atoms with van der Waals surface area (Å²) in [6.45, 7) is 1.84. The normalized spacial score (nSPS) is 10.3. The molecule has 0 fully saturated rings. The van der Waals surface area contributed by atoms with Crippen LogP contribution in [0.4, 0.5) is 5.69 Å². The van der Waals surface area contributed by atoms with Gasteiger partial charge in [-0.25, -0.2) is 0 Å². The highest BCUT2D eigenvalue weighted by atomic mass is 79.9. The number of rotatable bonds is 2. The van der Waals surface area contributed by atoms with Gasteiger partial charge in [-0.05, 0) is 58.7 Å². The molecule has 0 bridgehead atoms. The van der Waals surface area contributed by atoms with Crippen molar-refractivity contribution in [2.45, 2.75) is 6.92 Å². The van der Waals surface area contributed by atoms with Crippen molar-refractivity contribution in [3.8, 4) is 5.75 Å². The Morgan fingerprint density at radius 1 is 1.26 bits per heavy atom. The van der Waals surface area contributed by atoms with E-state index < -0.39 is 0 Å². The van der Waals surface area contributed by atoms with Gasteiger partial charge in [0.2, 0.25) is 0 Å². The molecular formula is C14H11BrClNO2. The van der Waals surface area contributed by atoms with Crippen molar-refractivity contribution in [2.75, 3.05) is 5.32 Å². The van der Waals surface area contributed by atoms with Gasteiger partial charge in [0.1, 0.15) is 5.75 Å². The maximum atomic E-state index is 12.1. The largest absolute Gasteiger partial charge is 0.507 e. The second kappa shape index (κ2) is 5.63. The van der Waals surface area contributed by atoms with Gasteiger partial charge in [-0.1, -0.05) is 17.7 Å². The van der Waals surface area contributed by atoms with Gasteiger partial charge < -0.3 is 10.4 Å². The first-order valence-corrected chi connectivity index (χ1v) is 6.70. The van der Waals surface area contributed by atoms with Crippen LogP contribution in [0.15, 0.2) is 40.9 Å². The van der Waals surface area contributed by atoms with Gasteiger partial charge in [-0.15, -0.1) is 0 Å². The summed E-state index contributed by atoms with van der Waals surface area (Å²) in [6.07, 6.45) is 0. The van der Waals surface area contributed by atoms with Gasteiger partial charge in [-0.2, -0.15) is 0 Å². The van der Waals surface area contributed by atoms with Crippen molar-refractivity contribution in [1.29, 1.82) is 0 Å². The van der Waals surface area contributed by atoms with Gasteiger partial charge in [0, 0.05) is 9.50 Å². The number of phenols is 1. The number of carbonyl (C=O) groups is 1. The Morgan fingerprint density at radius 3 is 2.68 bits per heavy atom. The Hall–Kier alpha value is -1.52. The molecule has 2 N–H and O–H groups in total. The summed E-state index contributed by atoms with van der Waals surface area (Å²) in [5.41, 5.74) is 1.66. The van der Waals surface area contributed by atoms with Crippen LogP contribution in [-0.2, 0) is 0 Å². The number of aryl methyl sites for hydroxylation is 1. The van der Waals surface area contributed by atoms with Crippen LogP contribution in [0.3, 0.4) is 0 Å². The van der Waals surface area contributed by atoms with Crippen LogP contribution >= 0.6 is 27.5 Å². The Morgan fingerprint density at radius 2 is 2.00 bits per heavy atom. The van der Waals surface area contributed by atoms with E-state index in [0.29, 0.717) is 10.7 Å². The molecule has 2 aromatic rings. The number of amides is 1. The summed E-state index contributed by atoms with van der Waals surface area (Å²) in [5.74, 6) is -0.434. The number of benzene rings is 2. The van der Waals surface area contributed by atoms with Gasteiger partial charge in [-0.3, -0.25) is 4.79 Å². The average molecular weight is 341 g/mol. The highest BCUT2D eigenvalue weighted by Crippen LogP contribution is 2.27. The highest BCUT2D eigenvalue weighted by Gasteiger charge is 2.12. The fourth-order valence-corrected chi connectivity index (χ4v) is 2.13. The van der Waals surface area contributed by atoms with E-state index in [-0.39, 0.29) is 17.2 Å². The minimum Gasteiger partial charge on any atom is -0.507 e. The minimum absolute atomic E-state index is 0.0457. The molecular weight excluding hydrogens is 330 g/mol. The minimum atomic E-state index is -0.388. The lowest BCUT2D eigenvalue weighted by atomic mass is 10.1. The Labute approximate surface area is 124 Å². The summed E-state index contributed by atoms with van der Waals surface area (Å²) in [5, 5.41) is 13.0. The van der Waals surface area contributed by atoms with Crippen LogP contribution < -0.4 is 5.32 Å². The van der Waals surface area contributed by atoms with Crippen LogP contribution in [-0.4, -0.2) is 11.0 Å². The lowest BCUT2D eigenvalue weighted by Crippen LogP contribution is -2.12. The first kappa shape index (κ1) is 13.9. The lowest BCUT2D eigenvalue weighted by molar-refractivity contribution is 0.102. The summed E-state index contributed by atoms with van der Waals surface area (Å²) in [4.78, 5) is 12.1. The quantitative estimate of drug-likeness (QED) is 0.853. The van der Waals surface area contributed by atoms with Crippen LogP contribution in [0, 0.1) is 6.92 Å². The molecule has 0 radical (unpaired) electrons. The van der Waals surface area contributed by atoms with Gasteiger partial charge in [0.25, 0.3) is 5.91 Å². The number of nitrogens with one attached hydrogen (secondary N) is 1. The van der Waals surface area contributed by atoms with Crippen LogP contribution in [0.2, 0.25) is 5.02 Å². The number of aromatic hydroxyl groups is 1. The van der Waals surface area contributed by atoms with Crippen LogP contribution in [0.5, 0.6) is 5.75 Å². The third-order valence-corrected chi connectivity index (χ3v) is 3.50. The van der Waals surface area contributed by atoms with E-state index in [0.717, 1.165) is 10.0 Å². The van der Waals surface area contributed by atoms with Crippen molar-refractivity contribution in [2.24, 2.45) is 0 Å². The summed E-state index contributed by atoms with van der Waals surface area (Å²) >= 11 is 9.20. The molecule has 1 amide bonds. The van der Waals surface area contributed by atoms with Crippen molar-refractivity contribution >= 4 is 39.1 Å². The maximum absolute atomic E-state index is 12.1. The van der Waals surface area contributed by atoms with Crippen molar-refractivity contribution in [1.82, 2.24) is 0 Å². The summed E-state index contributed by atoms with van der Waals surface area (Å²) in [7, 11) is 0. The molecule has 0 aliphatic heterocycles. The molecule has 5 heteroatoms. The molecule has 0 aliphatic carbocycles. The van der Waals surface area contributed by atoms with E-state index in [1.165, 1.54) is 0 Å². The number of anilines is 1. The fourth-order valence-electron chi connectivity index (χ4n) is 1.62. The maximum Gasteiger partial charge on any atom is 0.259 e. The fraction of sp³-hybridized carbons (Fsp3) is 0.0714. The standard InChI is InChI=1S/C14H11BrClNO2/c1-8-2-4-10(13(18)6-8)14(19)17-12-7-9(16)3-5-11(12)15/h2-7,18H,1H3,(H,17,19). The average Bonchev–Trinajstić information content (AvgIpc) is 2.33. The van der Waals surface area contributed by atoms with E-state index in [1.54, 1.807) is 36.4 Å². The Bertz CT molecular complexity index is 643. The zero-order valence-corrected chi connectivity index (χ0v) is 12.4. The molecule has 0 aromatic heterocycles. The number of hydrogen-bond donors (Lipinski definition) is 2. The Kier molecular flexibility index (Phi) is 4.12. The zero-order chi connectivity index (χ0) is 14.0. The van der Waals surface area contributed by atoms with Crippen molar-refractivity contribution < 1.29 is 9.90 Å². The molecule has 0 unspecified atom stereocenters. The molecule has 19 heavy (non-hydrogen) atoms. The van der Waals surface area contributed by atoms with Crippen molar-refractivity contribution in [3.63, 3.8) is 0 Å². The molecule has 0 saturated carbocycles. The van der Waals surface area contributed by atoms with E-state index in [4.69, 9.17) is 11.6 Å². The summed E-state index contributed by atoms with van der Waals surface area (Å²) < 4.78 is 0.719. The molecule has 3 nitrogen and oxygen atoms in total. The molecule has 0 saturated heterocycles. The third kappa shape index (κ3) is 3.28. The van der Waals surface area contributed by atoms with Gasteiger partial charge in [0.15, 0.2) is 0 Å². The van der Waals surface area contributed by atoms with Crippen LogP contribution in [0.25, 0.3) is 0 Å². The van der Waals surface area contributed by atoms with Crippen molar-refractivity contribution in [3.05, 3.63) is 57.0 Å². The van der Waals surface area contributed by atoms with E-state index in [2.05, 4.69) is 21.2 Å². The molecule has 0 atom stereocenters. The first-order chi connectivity index (χ1) is 8.97. The predicted molar refractivity (Wildman–Crippen MR) is 79.9 cm³/mol. The molecule has 2 aromatic carbocycles. The molecule has 0 spiro atoms. The third-order valence-electron chi connectivity index (χ3n) is 2.57. The smallest absolute Gasteiger partial charge is 0.259 e. The van der Waals surface area contributed by atoms with Gasteiger partial charge >= 0.3 is 0 Å². The number of carbonyl (C=O) groups excluding carboxylic acids is 1. The molecule has 98 valence electrons. The highest BCUT2D eigenvalue weighted by molar-refractivity contribution is 9.10. The zero-order valence-electron chi connectivity index (χ0n) is 10.1. The molecule has 0 heterocycles. The van der Waals surface area contributed by atoms with E-state index in [1.807, 2.05) is 6.92 Å². The Balaban J connectivity index is 2.28. The van der Waals surface area contributed by atoms with E-state index in [9.17, 15) is 9.90 Å². The first-order valence-electron chi connectivity index (χ1n) is 5.53. The van der Waals surface area contributed by atoms with Crippen LogP contribution in [0.1, 0.15) is 15.9 Å².